The Balaban J connectivity index is 4.26. The van der Waals surface area contributed by atoms with Gasteiger partial charge in [-0.1, -0.05) is 6.08 Å². The molecule has 11 heavy (non-hydrogen) atoms. The van der Waals surface area contributed by atoms with Crippen LogP contribution in [0.2, 0.25) is 0 Å². The first-order valence-electron chi connectivity index (χ1n) is 2.65. The molecule has 0 fully saturated rings. The molecule has 0 radical (unpaired) electrons. The van der Waals surface area contributed by atoms with Gasteiger partial charge in [0, 0.05) is 0 Å². The summed E-state index contributed by atoms with van der Waals surface area (Å²) in [5, 5.41) is 0. The molecule has 0 N–H and O–H groups in total. The average Bonchev–Trinajstić information content (AvgIpc) is 1.55. The zero-order valence-corrected chi connectivity index (χ0v) is 6.37. The molecule has 0 heterocycles. The van der Waals surface area contributed by atoms with Crippen LogP contribution in [0.25, 0.3) is 0 Å². The smallest absolute Gasteiger partial charge is 0.228 e. The second-order valence-corrected chi connectivity index (χ2v) is 4.07. The topological polar surface area (TPSA) is 34.1 Å². The van der Waals surface area contributed by atoms with Crippen molar-refractivity contribution in [3.8, 4) is 0 Å². The summed E-state index contributed by atoms with van der Waals surface area (Å²) in [7, 11) is -4.03. The molecule has 0 rings (SSSR count). The molecule has 0 unspecified atom stereocenters. The van der Waals surface area contributed by atoms with Crippen LogP contribution in [0, 0.1) is 0 Å². The number of hydrogen-bond acceptors (Lipinski definition) is 2. The predicted molar refractivity (Wildman–Crippen MR) is 34.9 cm³/mol. The van der Waals surface area contributed by atoms with Crippen molar-refractivity contribution >= 4 is 9.84 Å². The third-order valence-electron chi connectivity index (χ3n) is 0.755. The number of rotatable bonds is 3. The van der Waals surface area contributed by atoms with E-state index in [2.05, 4.69) is 6.58 Å². The highest BCUT2D eigenvalue weighted by molar-refractivity contribution is 7.91. The standard InChI is InChI=1S/C5H7F3O2S/c1-2-3-11(9,10)4-5(6,7)8/h2H,1,3-4H2. The van der Waals surface area contributed by atoms with Crippen molar-refractivity contribution < 1.29 is 21.6 Å². The first-order valence-corrected chi connectivity index (χ1v) is 4.47. The van der Waals surface area contributed by atoms with Crippen molar-refractivity contribution in [1.29, 1.82) is 0 Å². The monoisotopic (exact) mass is 188 g/mol. The average molecular weight is 188 g/mol. The fourth-order valence-electron chi connectivity index (χ4n) is 0.488. The molecule has 0 aromatic rings. The lowest BCUT2D eigenvalue weighted by atomic mass is 10.8. The van der Waals surface area contributed by atoms with Gasteiger partial charge in [-0.05, 0) is 0 Å². The molecule has 0 spiro atoms. The maximum absolute atomic E-state index is 11.5. The Morgan fingerprint density at radius 3 is 2.09 bits per heavy atom. The Hall–Kier alpha value is -0.520. The summed E-state index contributed by atoms with van der Waals surface area (Å²) in [6.07, 6.45) is -3.72. The summed E-state index contributed by atoms with van der Waals surface area (Å²) in [5.74, 6) is -2.40. The van der Waals surface area contributed by atoms with E-state index in [1.54, 1.807) is 0 Å². The molecule has 0 aromatic carbocycles. The molecule has 0 aliphatic rings. The molecule has 0 saturated heterocycles. The molecule has 2 nitrogen and oxygen atoms in total. The minimum atomic E-state index is -4.65. The fourth-order valence-corrected chi connectivity index (χ4v) is 1.46. The Kier molecular flexibility index (Phi) is 3.10. The molecule has 0 aromatic heterocycles. The maximum atomic E-state index is 11.5. The zero-order chi connectivity index (χ0) is 9.12. The molecule has 0 aliphatic heterocycles. The highest BCUT2D eigenvalue weighted by atomic mass is 32.2. The molecule has 0 bridgehead atoms. The summed E-state index contributed by atoms with van der Waals surface area (Å²) < 4.78 is 55.3. The van der Waals surface area contributed by atoms with Crippen LogP contribution in [0.1, 0.15) is 0 Å². The Morgan fingerprint density at radius 1 is 1.36 bits per heavy atom. The second-order valence-electron chi connectivity index (χ2n) is 1.96. The van der Waals surface area contributed by atoms with E-state index in [9.17, 15) is 21.6 Å². The Bertz CT molecular complexity index is 227. The Morgan fingerprint density at radius 2 is 1.82 bits per heavy atom. The molecular formula is C5H7F3O2S. The van der Waals surface area contributed by atoms with Crippen molar-refractivity contribution in [3.05, 3.63) is 12.7 Å². The van der Waals surface area contributed by atoms with Crippen LogP contribution in [0.4, 0.5) is 13.2 Å². The van der Waals surface area contributed by atoms with Gasteiger partial charge < -0.3 is 0 Å². The van der Waals surface area contributed by atoms with Crippen LogP contribution in [0.3, 0.4) is 0 Å². The van der Waals surface area contributed by atoms with E-state index >= 15 is 0 Å². The van der Waals surface area contributed by atoms with E-state index in [0.717, 1.165) is 6.08 Å². The van der Waals surface area contributed by atoms with Crippen molar-refractivity contribution in [3.63, 3.8) is 0 Å². The highest BCUT2D eigenvalue weighted by Crippen LogP contribution is 2.17. The van der Waals surface area contributed by atoms with Gasteiger partial charge in [-0.3, -0.25) is 0 Å². The van der Waals surface area contributed by atoms with Crippen LogP contribution >= 0.6 is 0 Å². The summed E-state index contributed by atoms with van der Waals surface area (Å²) in [4.78, 5) is 0. The number of halogens is 3. The van der Waals surface area contributed by atoms with Gasteiger partial charge in [0.1, 0.15) is 5.75 Å². The second kappa shape index (κ2) is 3.25. The molecule has 0 atom stereocenters. The van der Waals surface area contributed by atoms with Gasteiger partial charge in [0.05, 0.1) is 5.75 Å². The number of sulfone groups is 1. The predicted octanol–water partition coefficient (Wildman–Crippen LogP) is 1.15. The van der Waals surface area contributed by atoms with E-state index in [1.807, 2.05) is 0 Å². The van der Waals surface area contributed by atoms with Crippen LogP contribution in [-0.4, -0.2) is 26.1 Å². The maximum Gasteiger partial charge on any atom is 0.402 e. The van der Waals surface area contributed by atoms with Crippen molar-refractivity contribution in [2.24, 2.45) is 0 Å². The molecule has 0 aliphatic carbocycles. The third-order valence-corrected chi connectivity index (χ3v) is 2.27. The van der Waals surface area contributed by atoms with Gasteiger partial charge in [-0.2, -0.15) is 13.2 Å². The summed E-state index contributed by atoms with van der Waals surface area (Å²) in [5.41, 5.74) is 0. The van der Waals surface area contributed by atoms with Crippen LogP contribution in [0.15, 0.2) is 12.7 Å². The lowest BCUT2D eigenvalue weighted by molar-refractivity contribution is -0.106. The number of hydrogen-bond donors (Lipinski definition) is 0. The Labute approximate surface area is 62.6 Å². The molecule has 6 heteroatoms. The minimum Gasteiger partial charge on any atom is -0.228 e. The van der Waals surface area contributed by atoms with E-state index < -0.39 is 27.5 Å². The van der Waals surface area contributed by atoms with Crippen molar-refractivity contribution in [2.45, 2.75) is 6.18 Å². The van der Waals surface area contributed by atoms with E-state index in [1.165, 1.54) is 0 Å². The molecule has 0 amide bonds. The first kappa shape index (κ1) is 10.5. The van der Waals surface area contributed by atoms with Crippen molar-refractivity contribution in [2.75, 3.05) is 11.5 Å². The third kappa shape index (κ3) is 5.90. The van der Waals surface area contributed by atoms with Crippen LogP contribution in [0.5, 0.6) is 0 Å². The van der Waals surface area contributed by atoms with Gasteiger partial charge in [-0.25, -0.2) is 8.42 Å². The van der Waals surface area contributed by atoms with Gasteiger partial charge in [0.25, 0.3) is 0 Å². The lowest BCUT2D eigenvalue weighted by Crippen LogP contribution is -2.24. The van der Waals surface area contributed by atoms with Crippen molar-refractivity contribution in [1.82, 2.24) is 0 Å². The lowest BCUT2D eigenvalue weighted by Gasteiger charge is -2.04. The highest BCUT2D eigenvalue weighted by Gasteiger charge is 2.34. The quantitative estimate of drug-likeness (QED) is 0.622. The van der Waals surface area contributed by atoms with Crippen LogP contribution < -0.4 is 0 Å². The SMILES string of the molecule is C=CCS(=O)(=O)CC(F)(F)F. The van der Waals surface area contributed by atoms with E-state index in [4.69, 9.17) is 0 Å². The zero-order valence-electron chi connectivity index (χ0n) is 5.56. The number of alkyl halides is 3. The summed E-state index contributed by atoms with van der Waals surface area (Å²) in [6, 6.07) is 0. The van der Waals surface area contributed by atoms with Gasteiger partial charge in [-0.15, -0.1) is 6.58 Å². The van der Waals surface area contributed by atoms with Gasteiger partial charge >= 0.3 is 6.18 Å². The fraction of sp³-hybridized carbons (Fsp3) is 0.600. The van der Waals surface area contributed by atoms with Gasteiger partial charge in [0.15, 0.2) is 9.84 Å². The molecule has 66 valence electrons. The van der Waals surface area contributed by atoms with E-state index in [0.29, 0.717) is 0 Å². The molecule has 0 saturated carbocycles. The normalized spacial score (nSPS) is 13.0. The van der Waals surface area contributed by atoms with Gasteiger partial charge in [0.2, 0.25) is 0 Å². The van der Waals surface area contributed by atoms with E-state index in [-0.39, 0.29) is 0 Å². The molecular weight excluding hydrogens is 181 g/mol. The minimum absolute atomic E-state index is 0.632. The summed E-state index contributed by atoms with van der Waals surface area (Å²) in [6.45, 7) is 3.03. The summed E-state index contributed by atoms with van der Waals surface area (Å²) >= 11 is 0. The largest absolute Gasteiger partial charge is 0.402 e. The first-order chi connectivity index (χ1) is 4.77. The van der Waals surface area contributed by atoms with Crippen LogP contribution in [-0.2, 0) is 9.84 Å².